The molecule has 3 rings (SSSR count). The lowest BCUT2D eigenvalue weighted by Gasteiger charge is -2.06. The molecule has 1 aromatic heterocycles. The van der Waals surface area contributed by atoms with Gasteiger partial charge in [-0.15, -0.1) is 0 Å². The standard InChI is InChI=1S/C16H13Cl2N3/c1-21-16(19)14(11-7-8-12(17)13(18)9-11)15(20-21)10-5-3-2-4-6-10/h2-9H,19H2,1H3. The minimum Gasteiger partial charge on any atom is -0.383 e. The number of nitrogen functional groups attached to an aromatic ring is 1. The number of aryl methyl sites for hydroxylation is 1. The highest BCUT2D eigenvalue weighted by molar-refractivity contribution is 6.42. The van der Waals surface area contributed by atoms with E-state index in [9.17, 15) is 0 Å². The maximum Gasteiger partial charge on any atom is 0.129 e. The van der Waals surface area contributed by atoms with Crippen LogP contribution in [0.3, 0.4) is 0 Å². The van der Waals surface area contributed by atoms with E-state index in [0.29, 0.717) is 15.9 Å². The number of hydrogen-bond donors (Lipinski definition) is 1. The van der Waals surface area contributed by atoms with Gasteiger partial charge in [0.05, 0.1) is 15.6 Å². The first-order chi connectivity index (χ1) is 10.1. The highest BCUT2D eigenvalue weighted by atomic mass is 35.5. The predicted octanol–water partition coefficient (Wildman–Crippen LogP) is 4.64. The SMILES string of the molecule is Cn1nc(-c2ccccc2)c(-c2ccc(Cl)c(Cl)c2)c1N. The third-order valence-electron chi connectivity index (χ3n) is 3.35. The second-order valence-electron chi connectivity index (χ2n) is 4.73. The second-order valence-corrected chi connectivity index (χ2v) is 5.54. The molecule has 3 nitrogen and oxygen atoms in total. The highest BCUT2D eigenvalue weighted by Gasteiger charge is 2.17. The Hall–Kier alpha value is -1.97. The molecule has 0 saturated carbocycles. The molecular formula is C16H13Cl2N3. The maximum atomic E-state index is 6.19. The third-order valence-corrected chi connectivity index (χ3v) is 4.09. The largest absolute Gasteiger partial charge is 0.383 e. The zero-order valence-corrected chi connectivity index (χ0v) is 12.9. The van der Waals surface area contributed by atoms with Crippen LogP contribution in [0.1, 0.15) is 0 Å². The monoisotopic (exact) mass is 317 g/mol. The van der Waals surface area contributed by atoms with Crippen LogP contribution in [0, 0.1) is 0 Å². The van der Waals surface area contributed by atoms with E-state index in [-0.39, 0.29) is 0 Å². The lowest BCUT2D eigenvalue weighted by atomic mass is 10.0. The molecule has 0 saturated heterocycles. The van der Waals surface area contributed by atoms with E-state index in [0.717, 1.165) is 22.4 Å². The molecule has 0 aliphatic carbocycles. The van der Waals surface area contributed by atoms with Gasteiger partial charge in [0.1, 0.15) is 11.5 Å². The fourth-order valence-electron chi connectivity index (χ4n) is 2.27. The van der Waals surface area contributed by atoms with E-state index in [1.54, 1.807) is 10.7 Å². The summed E-state index contributed by atoms with van der Waals surface area (Å²) in [5.41, 5.74) is 9.78. The summed E-state index contributed by atoms with van der Waals surface area (Å²) in [6, 6.07) is 15.4. The van der Waals surface area contributed by atoms with Gasteiger partial charge in [-0.25, -0.2) is 0 Å². The van der Waals surface area contributed by atoms with Crippen LogP contribution in [0.2, 0.25) is 10.0 Å². The number of nitrogens with two attached hydrogens (primary N) is 1. The number of aromatic nitrogens is 2. The zero-order chi connectivity index (χ0) is 15.0. The van der Waals surface area contributed by atoms with Crippen LogP contribution in [0.5, 0.6) is 0 Å². The zero-order valence-electron chi connectivity index (χ0n) is 11.3. The summed E-state index contributed by atoms with van der Waals surface area (Å²) in [6.07, 6.45) is 0. The molecule has 3 aromatic rings. The van der Waals surface area contributed by atoms with Gasteiger partial charge in [0.2, 0.25) is 0 Å². The van der Waals surface area contributed by atoms with Crippen molar-refractivity contribution < 1.29 is 0 Å². The first-order valence-electron chi connectivity index (χ1n) is 6.41. The smallest absolute Gasteiger partial charge is 0.129 e. The Morgan fingerprint density at radius 3 is 2.33 bits per heavy atom. The van der Waals surface area contributed by atoms with Crippen LogP contribution < -0.4 is 5.73 Å². The summed E-state index contributed by atoms with van der Waals surface area (Å²) < 4.78 is 1.67. The summed E-state index contributed by atoms with van der Waals surface area (Å²) in [4.78, 5) is 0. The number of hydrogen-bond acceptors (Lipinski definition) is 2. The molecule has 0 aliphatic heterocycles. The first-order valence-corrected chi connectivity index (χ1v) is 7.17. The summed E-state index contributed by atoms with van der Waals surface area (Å²) >= 11 is 12.1. The predicted molar refractivity (Wildman–Crippen MR) is 88.5 cm³/mol. The Kier molecular flexibility index (Phi) is 3.62. The number of nitrogens with zero attached hydrogens (tertiary/aromatic N) is 2. The molecule has 0 amide bonds. The number of rotatable bonds is 2. The Morgan fingerprint density at radius 2 is 1.67 bits per heavy atom. The lowest BCUT2D eigenvalue weighted by molar-refractivity contribution is 0.782. The quantitative estimate of drug-likeness (QED) is 0.748. The van der Waals surface area contributed by atoms with E-state index in [1.165, 1.54) is 0 Å². The molecule has 2 N–H and O–H groups in total. The summed E-state index contributed by atoms with van der Waals surface area (Å²) in [5.74, 6) is 0.590. The van der Waals surface area contributed by atoms with Gasteiger partial charge in [-0.05, 0) is 17.7 Å². The Morgan fingerprint density at radius 1 is 0.952 bits per heavy atom. The topological polar surface area (TPSA) is 43.8 Å². The van der Waals surface area contributed by atoms with Crippen LogP contribution in [-0.4, -0.2) is 9.78 Å². The van der Waals surface area contributed by atoms with Crippen molar-refractivity contribution in [3.05, 3.63) is 58.6 Å². The first kappa shape index (κ1) is 14.0. The van der Waals surface area contributed by atoms with Crippen molar-refractivity contribution in [1.82, 2.24) is 9.78 Å². The van der Waals surface area contributed by atoms with Crippen molar-refractivity contribution in [2.24, 2.45) is 7.05 Å². The average molecular weight is 318 g/mol. The molecule has 0 radical (unpaired) electrons. The van der Waals surface area contributed by atoms with Gasteiger partial charge in [-0.3, -0.25) is 4.68 Å². The third kappa shape index (κ3) is 2.50. The molecule has 0 aliphatic rings. The van der Waals surface area contributed by atoms with Gasteiger partial charge >= 0.3 is 0 Å². The van der Waals surface area contributed by atoms with Gasteiger partial charge in [-0.2, -0.15) is 5.10 Å². The molecule has 0 fully saturated rings. The molecule has 0 spiro atoms. The maximum absolute atomic E-state index is 6.19. The summed E-state index contributed by atoms with van der Waals surface area (Å²) in [6.45, 7) is 0. The Balaban J connectivity index is 2.24. The van der Waals surface area contributed by atoms with Crippen molar-refractivity contribution in [3.63, 3.8) is 0 Å². The number of anilines is 1. The fourth-order valence-corrected chi connectivity index (χ4v) is 2.57. The van der Waals surface area contributed by atoms with E-state index in [1.807, 2.05) is 49.5 Å². The number of benzene rings is 2. The molecule has 106 valence electrons. The van der Waals surface area contributed by atoms with Gasteiger partial charge in [-0.1, -0.05) is 59.6 Å². The number of halogens is 2. The van der Waals surface area contributed by atoms with Gasteiger partial charge in [0, 0.05) is 12.6 Å². The van der Waals surface area contributed by atoms with E-state index >= 15 is 0 Å². The molecule has 1 heterocycles. The summed E-state index contributed by atoms with van der Waals surface area (Å²) in [7, 11) is 1.82. The molecule has 0 unspecified atom stereocenters. The van der Waals surface area contributed by atoms with Gasteiger partial charge in [0.15, 0.2) is 0 Å². The molecule has 21 heavy (non-hydrogen) atoms. The van der Waals surface area contributed by atoms with Crippen molar-refractivity contribution in [1.29, 1.82) is 0 Å². The van der Waals surface area contributed by atoms with E-state index in [4.69, 9.17) is 28.9 Å². The summed E-state index contributed by atoms with van der Waals surface area (Å²) in [5, 5.41) is 5.54. The lowest BCUT2D eigenvalue weighted by Crippen LogP contribution is -1.98. The van der Waals surface area contributed by atoms with Crippen LogP contribution in [-0.2, 0) is 7.05 Å². The van der Waals surface area contributed by atoms with Gasteiger partial charge in [0.25, 0.3) is 0 Å². The molecular weight excluding hydrogens is 305 g/mol. The minimum atomic E-state index is 0.497. The Labute approximate surface area is 132 Å². The van der Waals surface area contributed by atoms with Gasteiger partial charge < -0.3 is 5.73 Å². The minimum absolute atomic E-state index is 0.497. The van der Waals surface area contributed by atoms with Crippen LogP contribution >= 0.6 is 23.2 Å². The van der Waals surface area contributed by atoms with Crippen LogP contribution in [0.4, 0.5) is 5.82 Å². The molecule has 5 heteroatoms. The van der Waals surface area contributed by atoms with Crippen LogP contribution in [0.15, 0.2) is 48.5 Å². The van der Waals surface area contributed by atoms with Crippen molar-refractivity contribution in [2.75, 3.05) is 5.73 Å². The van der Waals surface area contributed by atoms with Crippen molar-refractivity contribution in [3.8, 4) is 22.4 Å². The van der Waals surface area contributed by atoms with Crippen molar-refractivity contribution >= 4 is 29.0 Å². The fraction of sp³-hybridized carbons (Fsp3) is 0.0625. The van der Waals surface area contributed by atoms with E-state index < -0.39 is 0 Å². The van der Waals surface area contributed by atoms with Crippen LogP contribution in [0.25, 0.3) is 22.4 Å². The molecule has 0 atom stereocenters. The average Bonchev–Trinajstić information content (AvgIpc) is 2.79. The highest BCUT2D eigenvalue weighted by Crippen LogP contribution is 2.38. The van der Waals surface area contributed by atoms with Crippen molar-refractivity contribution in [2.45, 2.75) is 0 Å². The normalized spacial score (nSPS) is 10.8. The Bertz CT molecular complexity index is 795. The van der Waals surface area contributed by atoms with E-state index in [2.05, 4.69) is 5.10 Å². The molecule has 0 bridgehead atoms. The second kappa shape index (κ2) is 5.43. The molecule has 2 aromatic carbocycles.